The maximum Gasteiger partial charge on any atom is 0.270 e. The van der Waals surface area contributed by atoms with Gasteiger partial charge in [0.1, 0.15) is 11.4 Å². The second-order valence-corrected chi connectivity index (χ2v) is 7.77. The molecular weight excluding hydrogens is 401 g/mol. The van der Waals surface area contributed by atoms with Gasteiger partial charge in [0.15, 0.2) is 5.11 Å². The number of aryl methyl sites for hydroxylation is 1. The van der Waals surface area contributed by atoms with E-state index in [1.165, 1.54) is 17.0 Å². The fraction of sp³-hybridized carbons (Fsp3) is 0.261. The van der Waals surface area contributed by atoms with Crippen molar-refractivity contribution in [1.82, 2.24) is 5.32 Å². The lowest BCUT2D eigenvalue weighted by Crippen LogP contribution is -2.54. The Morgan fingerprint density at radius 2 is 1.80 bits per heavy atom. The molecule has 2 fully saturated rings. The molecule has 0 saturated carbocycles. The van der Waals surface area contributed by atoms with E-state index in [4.69, 9.17) is 12.2 Å². The Labute approximate surface area is 180 Å². The smallest absolute Gasteiger partial charge is 0.270 e. The van der Waals surface area contributed by atoms with Crippen molar-refractivity contribution in [2.24, 2.45) is 0 Å². The molecule has 2 aliphatic rings. The average molecular weight is 424 g/mol. The van der Waals surface area contributed by atoms with Crippen LogP contribution in [0.25, 0.3) is 6.08 Å². The van der Waals surface area contributed by atoms with Crippen molar-refractivity contribution in [3.63, 3.8) is 0 Å². The van der Waals surface area contributed by atoms with Crippen LogP contribution < -0.4 is 15.1 Å². The zero-order valence-electron chi connectivity index (χ0n) is 16.7. The molecule has 0 aromatic heterocycles. The highest BCUT2D eigenvalue weighted by Crippen LogP contribution is 2.27. The maximum atomic E-state index is 14.6. The Bertz CT molecular complexity index is 1040. The molecule has 2 aliphatic heterocycles. The lowest BCUT2D eigenvalue weighted by atomic mass is 10.1. The van der Waals surface area contributed by atoms with Crippen LogP contribution >= 0.6 is 12.2 Å². The zero-order chi connectivity index (χ0) is 21.3. The number of carbonyl (C=O) groups is 2. The van der Waals surface area contributed by atoms with E-state index in [1.807, 2.05) is 24.0 Å². The van der Waals surface area contributed by atoms with Gasteiger partial charge in [-0.2, -0.15) is 0 Å². The molecule has 1 N–H and O–H groups in total. The molecule has 2 saturated heterocycles. The number of amides is 2. The number of nitrogens with one attached hydrogen (secondary N) is 1. The first kappa shape index (κ1) is 20.2. The quantitative estimate of drug-likeness (QED) is 0.462. The Morgan fingerprint density at radius 1 is 1.10 bits per heavy atom. The van der Waals surface area contributed by atoms with Gasteiger partial charge < -0.3 is 4.90 Å². The number of rotatable bonds is 4. The van der Waals surface area contributed by atoms with Crippen LogP contribution in [-0.2, 0) is 16.0 Å². The highest BCUT2D eigenvalue weighted by Gasteiger charge is 2.34. The maximum absolute atomic E-state index is 14.6. The topological polar surface area (TPSA) is 52.7 Å². The molecule has 5 nitrogen and oxygen atoms in total. The van der Waals surface area contributed by atoms with E-state index in [9.17, 15) is 14.0 Å². The van der Waals surface area contributed by atoms with Gasteiger partial charge >= 0.3 is 0 Å². The Morgan fingerprint density at radius 3 is 2.43 bits per heavy atom. The van der Waals surface area contributed by atoms with Gasteiger partial charge in [-0.25, -0.2) is 4.39 Å². The van der Waals surface area contributed by atoms with Gasteiger partial charge in [0, 0.05) is 13.1 Å². The summed E-state index contributed by atoms with van der Waals surface area (Å²) in [4.78, 5) is 28.8. The fourth-order valence-corrected chi connectivity index (χ4v) is 4.05. The predicted molar refractivity (Wildman–Crippen MR) is 120 cm³/mol. The third kappa shape index (κ3) is 3.85. The number of thiocarbonyl (C=S) groups is 1. The zero-order valence-corrected chi connectivity index (χ0v) is 17.5. The largest absolute Gasteiger partial charge is 0.369 e. The molecule has 0 aliphatic carbocycles. The molecule has 2 heterocycles. The van der Waals surface area contributed by atoms with E-state index >= 15 is 0 Å². The highest BCUT2D eigenvalue weighted by atomic mass is 32.1. The molecule has 0 bridgehead atoms. The summed E-state index contributed by atoms with van der Waals surface area (Å²) < 4.78 is 14.6. The first-order valence-electron chi connectivity index (χ1n) is 10.0. The molecule has 7 heteroatoms. The van der Waals surface area contributed by atoms with Crippen molar-refractivity contribution in [2.45, 2.75) is 26.2 Å². The highest BCUT2D eigenvalue weighted by molar-refractivity contribution is 7.80. The second kappa shape index (κ2) is 8.36. The van der Waals surface area contributed by atoms with E-state index in [0.717, 1.165) is 37.9 Å². The van der Waals surface area contributed by atoms with Crippen LogP contribution in [0.2, 0.25) is 0 Å². The monoisotopic (exact) mass is 423 g/mol. The number of carbonyl (C=O) groups excluding carboxylic acids is 2. The molecule has 2 amide bonds. The molecule has 0 atom stereocenters. The van der Waals surface area contributed by atoms with Gasteiger partial charge in [0.25, 0.3) is 11.8 Å². The molecule has 0 spiro atoms. The SMILES string of the molecule is CCc1ccc(N2C(=O)/C(=C/c3ccc(N4CCCC4)c(F)c3)C(=O)NC2=S)cc1. The minimum absolute atomic E-state index is 0.0296. The number of hydrogen-bond acceptors (Lipinski definition) is 4. The van der Waals surface area contributed by atoms with Crippen molar-refractivity contribution >= 4 is 46.6 Å². The van der Waals surface area contributed by atoms with E-state index in [0.29, 0.717) is 16.9 Å². The van der Waals surface area contributed by atoms with Crippen LogP contribution in [-0.4, -0.2) is 30.0 Å². The molecule has 0 unspecified atom stereocenters. The Kier molecular flexibility index (Phi) is 5.63. The Hall–Kier alpha value is -3.06. The summed E-state index contributed by atoms with van der Waals surface area (Å²) in [6.07, 6.45) is 4.38. The lowest BCUT2D eigenvalue weighted by molar-refractivity contribution is -0.122. The fourth-order valence-electron chi connectivity index (χ4n) is 3.77. The van der Waals surface area contributed by atoms with E-state index in [-0.39, 0.29) is 16.5 Å². The van der Waals surface area contributed by atoms with Gasteiger partial charge in [0.05, 0.1) is 11.4 Å². The minimum atomic E-state index is -0.588. The van der Waals surface area contributed by atoms with Gasteiger partial charge in [-0.1, -0.05) is 25.1 Å². The van der Waals surface area contributed by atoms with Gasteiger partial charge in [0.2, 0.25) is 0 Å². The summed E-state index contributed by atoms with van der Waals surface area (Å²) in [6, 6.07) is 12.2. The van der Waals surface area contributed by atoms with Crippen LogP contribution in [0, 0.1) is 5.82 Å². The van der Waals surface area contributed by atoms with Crippen LogP contribution in [0.15, 0.2) is 48.0 Å². The molecule has 30 heavy (non-hydrogen) atoms. The van der Waals surface area contributed by atoms with Gasteiger partial charge in [-0.05, 0) is 72.9 Å². The summed E-state index contributed by atoms with van der Waals surface area (Å²) in [5, 5.41) is 2.58. The van der Waals surface area contributed by atoms with E-state index in [1.54, 1.807) is 24.3 Å². The summed E-state index contributed by atoms with van der Waals surface area (Å²) in [6.45, 7) is 3.71. The van der Waals surface area contributed by atoms with Gasteiger partial charge in [-0.15, -0.1) is 0 Å². The number of nitrogens with zero attached hydrogens (tertiary/aromatic N) is 2. The van der Waals surface area contributed by atoms with Crippen LogP contribution in [0.1, 0.15) is 30.9 Å². The molecule has 4 rings (SSSR count). The normalized spacial score (nSPS) is 18.3. The summed E-state index contributed by atoms with van der Waals surface area (Å²) >= 11 is 5.22. The first-order chi connectivity index (χ1) is 14.5. The number of halogens is 1. The van der Waals surface area contributed by atoms with Crippen LogP contribution in [0.4, 0.5) is 15.8 Å². The number of anilines is 2. The van der Waals surface area contributed by atoms with Gasteiger partial charge in [-0.3, -0.25) is 19.8 Å². The number of benzene rings is 2. The van der Waals surface area contributed by atoms with E-state index in [2.05, 4.69) is 5.32 Å². The summed E-state index contributed by atoms with van der Waals surface area (Å²) in [7, 11) is 0. The van der Waals surface area contributed by atoms with E-state index < -0.39 is 11.8 Å². The molecular formula is C23H22FN3O2S. The summed E-state index contributed by atoms with van der Waals surface area (Å²) in [5.41, 5.74) is 2.61. The summed E-state index contributed by atoms with van der Waals surface area (Å²) in [5.74, 6) is -1.48. The van der Waals surface area contributed by atoms with Crippen molar-refractivity contribution in [3.05, 3.63) is 65.0 Å². The third-order valence-corrected chi connectivity index (χ3v) is 5.72. The van der Waals surface area contributed by atoms with Crippen LogP contribution in [0.3, 0.4) is 0 Å². The number of hydrogen-bond donors (Lipinski definition) is 1. The van der Waals surface area contributed by atoms with Crippen molar-refractivity contribution in [1.29, 1.82) is 0 Å². The van der Waals surface area contributed by atoms with Crippen molar-refractivity contribution in [3.8, 4) is 0 Å². The minimum Gasteiger partial charge on any atom is -0.369 e. The molecule has 2 aromatic rings. The standard InChI is InChI=1S/C23H22FN3O2S/c1-2-15-5-8-17(9-6-15)27-22(29)18(21(28)25-23(27)30)13-16-7-10-20(19(24)14-16)26-11-3-4-12-26/h5-10,13-14H,2-4,11-12H2,1H3,(H,25,28,30)/b18-13+. The lowest BCUT2D eigenvalue weighted by Gasteiger charge is -2.29. The predicted octanol–water partition coefficient (Wildman–Crippen LogP) is 3.82. The molecule has 154 valence electrons. The van der Waals surface area contributed by atoms with Crippen molar-refractivity contribution in [2.75, 3.05) is 22.9 Å². The average Bonchev–Trinajstić information content (AvgIpc) is 3.26. The molecule has 0 radical (unpaired) electrons. The molecule has 2 aromatic carbocycles. The van der Waals surface area contributed by atoms with Crippen molar-refractivity contribution < 1.29 is 14.0 Å². The second-order valence-electron chi connectivity index (χ2n) is 7.38. The Balaban J connectivity index is 1.64. The van der Waals surface area contributed by atoms with Crippen LogP contribution in [0.5, 0.6) is 0 Å². The third-order valence-electron chi connectivity index (χ3n) is 5.43. The first-order valence-corrected chi connectivity index (χ1v) is 10.4.